The van der Waals surface area contributed by atoms with Gasteiger partial charge in [-0.25, -0.2) is 0 Å². The van der Waals surface area contributed by atoms with Crippen LogP contribution < -0.4 is 10.5 Å². The fourth-order valence-electron chi connectivity index (χ4n) is 1.35. The zero-order valence-electron chi connectivity index (χ0n) is 9.89. The maximum Gasteiger partial charge on any atom is 0.272 e. The van der Waals surface area contributed by atoms with E-state index in [1.165, 1.54) is 19.1 Å². The van der Waals surface area contributed by atoms with Crippen LogP contribution >= 0.6 is 0 Å². The van der Waals surface area contributed by atoms with Gasteiger partial charge in [-0.2, -0.15) is 0 Å². The lowest BCUT2D eigenvalue weighted by atomic mass is 10.1. The van der Waals surface area contributed by atoms with Crippen molar-refractivity contribution in [2.45, 2.75) is 26.9 Å². The molecular weight excluding hydrogens is 224 g/mol. The smallest absolute Gasteiger partial charge is 0.272 e. The Bertz CT molecular complexity index is 471. The molecule has 0 heterocycles. The lowest BCUT2D eigenvalue weighted by Crippen LogP contribution is -2.30. The van der Waals surface area contributed by atoms with Crippen molar-refractivity contribution in [1.82, 2.24) is 0 Å². The first-order valence-electron chi connectivity index (χ1n) is 5.04. The van der Waals surface area contributed by atoms with Crippen LogP contribution in [0.1, 0.15) is 18.1 Å². The molecule has 1 amide bonds. The first-order chi connectivity index (χ1) is 7.82. The number of nitro groups is 1. The highest BCUT2D eigenvalue weighted by Crippen LogP contribution is 2.28. The molecule has 6 heteroatoms. The normalized spacial score (nSPS) is 11.9. The van der Waals surface area contributed by atoms with Crippen molar-refractivity contribution in [3.63, 3.8) is 0 Å². The highest BCUT2D eigenvalue weighted by atomic mass is 16.6. The third-order valence-electron chi connectivity index (χ3n) is 2.39. The lowest BCUT2D eigenvalue weighted by Gasteiger charge is -2.14. The third kappa shape index (κ3) is 2.93. The number of nitro benzene ring substituents is 1. The third-order valence-corrected chi connectivity index (χ3v) is 2.39. The van der Waals surface area contributed by atoms with Gasteiger partial charge in [0, 0.05) is 11.6 Å². The summed E-state index contributed by atoms with van der Waals surface area (Å²) in [4.78, 5) is 21.1. The first kappa shape index (κ1) is 13.0. The molecule has 0 bridgehead atoms. The molecule has 0 spiro atoms. The Morgan fingerprint density at radius 3 is 2.47 bits per heavy atom. The van der Waals surface area contributed by atoms with E-state index in [-0.39, 0.29) is 5.69 Å². The molecule has 0 aliphatic rings. The van der Waals surface area contributed by atoms with Gasteiger partial charge in [-0.05, 0) is 32.4 Å². The van der Waals surface area contributed by atoms with Crippen molar-refractivity contribution in [1.29, 1.82) is 0 Å². The van der Waals surface area contributed by atoms with E-state index in [1.54, 1.807) is 13.8 Å². The maximum atomic E-state index is 10.9. The molecule has 92 valence electrons. The average molecular weight is 238 g/mol. The second-order valence-electron chi connectivity index (χ2n) is 3.82. The van der Waals surface area contributed by atoms with Crippen LogP contribution in [-0.4, -0.2) is 16.9 Å². The number of hydrogen-bond donors (Lipinski definition) is 1. The molecule has 1 aromatic carbocycles. The minimum Gasteiger partial charge on any atom is -0.481 e. The number of rotatable bonds is 4. The summed E-state index contributed by atoms with van der Waals surface area (Å²) in [6, 6.07) is 2.95. The van der Waals surface area contributed by atoms with Crippen LogP contribution in [0, 0.1) is 24.0 Å². The van der Waals surface area contributed by atoms with E-state index in [2.05, 4.69) is 0 Å². The van der Waals surface area contributed by atoms with Gasteiger partial charge in [0.2, 0.25) is 0 Å². The van der Waals surface area contributed by atoms with Gasteiger partial charge in [0.05, 0.1) is 4.92 Å². The Kier molecular flexibility index (Phi) is 3.67. The van der Waals surface area contributed by atoms with Crippen LogP contribution in [0.5, 0.6) is 5.75 Å². The molecule has 2 N–H and O–H groups in total. The van der Waals surface area contributed by atoms with E-state index in [9.17, 15) is 14.9 Å². The first-order valence-corrected chi connectivity index (χ1v) is 5.04. The predicted molar refractivity (Wildman–Crippen MR) is 61.9 cm³/mol. The van der Waals surface area contributed by atoms with Gasteiger partial charge in [0.1, 0.15) is 5.75 Å². The lowest BCUT2D eigenvalue weighted by molar-refractivity contribution is -0.385. The number of amides is 1. The highest BCUT2D eigenvalue weighted by molar-refractivity contribution is 5.78. The Morgan fingerprint density at radius 2 is 2.00 bits per heavy atom. The van der Waals surface area contributed by atoms with E-state index in [1.807, 2.05) is 0 Å². The van der Waals surface area contributed by atoms with Gasteiger partial charge in [0.15, 0.2) is 6.10 Å². The molecule has 1 aromatic rings. The molecular formula is C11H14N2O4. The van der Waals surface area contributed by atoms with Gasteiger partial charge < -0.3 is 10.5 Å². The fourth-order valence-corrected chi connectivity index (χ4v) is 1.35. The van der Waals surface area contributed by atoms with Crippen LogP contribution in [0.15, 0.2) is 12.1 Å². The number of carbonyl (C=O) groups excluding carboxylic acids is 1. The Morgan fingerprint density at radius 1 is 1.41 bits per heavy atom. The van der Waals surface area contributed by atoms with E-state index in [0.717, 1.165) is 0 Å². The number of primary amides is 1. The standard InChI is InChI=1S/C11H14N2O4/c1-6-5-10(17-8(3)11(12)14)7(2)4-9(6)13(15)16/h4-5,8H,1-3H3,(H2,12,14). The van der Waals surface area contributed by atoms with Gasteiger partial charge in [0.25, 0.3) is 11.6 Å². The van der Waals surface area contributed by atoms with Crippen LogP contribution in [0.2, 0.25) is 0 Å². The van der Waals surface area contributed by atoms with Gasteiger partial charge in [-0.15, -0.1) is 0 Å². The molecule has 1 unspecified atom stereocenters. The summed E-state index contributed by atoms with van der Waals surface area (Å²) in [5.41, 5.74) is 6.18. The van der Waals surface area contributed by atoms with Crippen molar-refractivity contribution in [3.05, 3.63) is 33.4 Å². The largest absolute Gasteiger partial charge is 0.481 e. The highest BCUT2D eigenvalue weighted by Gasteiger charge is 2.17. The van der Waals surface area contributed by atoms with Crippen molar-refractivity contribution < 1.29 is 14.5 Å². The van der Waals surface area contributed by atoms with Gasteiger partial charge in [-0.1, -0.05) is 0 Å². The minimum absolute atomic E-state index is 0.0292. The molecule has 0 aliphatic heterocycles. The van der Waals surface area contributed by atoms with Crippen LogP contribution in [0.4, 0.5) is 5.69 Å². The number of hydrogen-bond acceptors (Lipinski definition) is 4. The number of carbonyl (C=O) groups is 1. The van der Waals surface area contributed by atoms with Crippen molar-refractivity contribution >= 4 is 11.6 Å². The summed E-state index contributed by atoms with van der Waals surface area (Å²) in [5, 5.41) is 10.7. The summed E-state index contributed by atoms with van der Waals surface area (Å²) in [7, 11) is 0. The minimum atomic E-state index is -0.769. The molecule has 0 fully saturated rings. The number of ether oxygens (including phenoxy) is 1. The van der Waals surface area contributed by atoms with Crippen molar-refractivity contribution in [2.75, 3.05) is 0 Å². The fraction of sp³-hybridized carbons (Fsp3) is 0.364. The van der Waals surface area contributed by atoms with Crippen molar-refractivity contribution in [3.8, 4) is 5.75 Å². The van der Waals surface area contributed by atoms with Crippen LogP contribution in [0.3, 0.4) is 0 Å². The molecule has 0 aliphatic carbocycles. The zero-order chi connectivity index (χ0) is 13.2. The summed E-state index contributed by atoms with van der Waals surface area (Å²) < 4.78 is 5.32. The second-order valence-corrected chi connectivity index (χ2v) is 3.82. The molecule has 0 saturated carbocycles. The van der Waals surface area contributed by atoms with Gasteiger partial charge in [-0.3, -0.25) is 14.9 Å². The molecule has 6 nitrogen and oxygen atoms in total. The summed E-state index contributed by atoms with van der Waals surface area (Å²) >= 11 is 0. The molecule has 1 atom stereocenters. The van der Waals surface area contributed by atoms with Crippen molar-refractivity contribution in [2.24, 2.45) is 5.73 Å². The van der Waals surface area contributed by atoms with Crippen LogP contribution in [-0.2, 0) is 4.79 Å². The molecule has 0 aromatic heterocycles. The van der Waals surface area contributed by atoms with Crippen LogP contribution in [0.25, 0.3) is 0 Å². The summed E-state index contributed by atoms with van der Waals surface area (Å²) in [6.45, 7) is 4.81. The Hall–Kier alpha value is -2.11. The Balaban J connectivity index is 3.08. The number of aryl methyl sites for hydroxylation is 2. The maximum absolute atomic E-state index is 10.9. The quantitative estimate of drug-likeness (QED) is 0.634. The monoisotopic (exact) mass is 238 g/mol. The SMILES string of the molecule is Cc1cc([N+](=O)[O-])c(C)cc1OC(C)C(N)=O. The van der Waals surface area contributed by atoms with Gasteiger partial charge >= 0.3 is 0 Å². The van der Waals surface area contributed by atoms with E-state index in [0.29, 0.717) is 16.9 Å². The summed E-state index contributed by atoms with van der Waals surface area (Å²) in [6.07, 6.45) is -0.769. The summed E-state index contributed by atoms with van der Waals surface area (Å²) in [5.74, 6) is -0.153. The number of nitrogens with two attached hydrogens (primary N) is 1. The van der Waals surface area contributed by atoms with E-state index >= 15 is 0 Å². The number of nitrogens with zero attached hydrogens (tertiary/aromatic N) is 1. The predicted octanol–water partition coefficient (Wildman–Crippen LogP) is 1.46. The second kappa shape index (κ2) is 4.82. The van der Waals surface area contributed by atoms with E-state index < -0.39 is 16.9 Å². The topological polar surface area (TPSA) is 95.5 Å². The molecule has 0 radical (unpaired) electrons. The Labute approximate surface area is 98.5 Å². The molecule has 17 heavy (non-hydrogen) atoms. The average Bonchev–Trinajstić information content (AvgIpc) is 2.22. The zero-order valence-corrected chi connectivity index (χ0v) is 9.89. The van der Waals surface area contributed by atoms with E-state index in [4.69, 9.17) is 10.5 Å². The number of benzene rings is 1. The molecule has 0 saturated heterocycles. The molecule has 1 rings (SSSR count).